The normalized spacial score (nSPS) is 12.0. The van der Waals surface area contributed by atoms with Crippen LogP contribution in [-0.2, 0) is 0 Å². The summed E-state index contributed by atoms with van der Waals surface area (Å²) in [7, 11) is -2.14. The van der Waals surface area contributed by atoms with E-state index in [0.29, 0.717) is 0 Å². The summed E-state index contributed by atoms with van der Waals surface area (Å²) >= 11 is 0. The van der Waals surface area contributed by atoms with Gasteiger partial charge < -0.3 is 0 Å². The predicted molar refractivity (Wildman–Crippen MR) is 123 cm³/mol. The molecule has 0 aromatic carbocycles. The summed E-state index contributed by atoms with van der Waals surface area (Å²) in [6.45, 7) is 6.79. The van der Waals surface area contributed by atoms with Gasteiger partial charge >= 0.3 is 0 Å². The van der Waals surface area contributed by atoms with Crippen LogP contribution in [0.1, 0.15) is 136 Å². The Morgan fingerprint density at radius 3 is 0.885 bits per heavy atom. The molecule has 0 N–H and O–H groups in total. The number of hydrogen-bond acceptors (Lipinski definition) is 0. The Labute approximate surface area is 167 Å². The number of hydrogen-bond donors (Lipinski definition) is 0. The summed E-state index contributed by atoms with van der Waals surface area (Å²) < 4.78 is 15.6. The largest absolute Gasteiger partial charge is 0.202 e. The summed E-state index contributed by atoms with van der Waals surface area (Å²) in [5.41, 5.74) is 0. The van der Waals surface area contributed by atoms with Crippen LogP contribution >= 0.6 is 7.57 Å². The van der Waals surface area contributed by atoms with Gasteiger partial charge in [0.15, 0.2) is 0 Å². The van der Waals surface area contributed by atoms with Gasteiger partial charge in [0, 0.05) is 0 Å². The van der Waals surface area contributed by atoms with E-state index in [0.717, 1.165) is 37.7 Å². The monoisotopic (exact) mass is 389 g/mol. The summed E-state index contributed by atoms with van der Waals surface area (Å²) in [5.74, 6) is 0. The van der Waals surface area contributed by atoms with Crippen LogP contribution in [0.3, 0.4) is 0 Å². The van der Waals surface area contributed by atoms with Crippen LogP contribution < -0.4 is 0 Å². The minimum atomic E-state index is -2.14. The number of unbranched alkanes of at least 4 members (excludes halogenated alkanes) is 15. The van der Waals surface area contributed by atoms with Crippen molar-refractivity contribution in [1.82, 2.24) is 0 Å². The van der Waals surface area contributed by atoms with E-state index in [4.69, 9.17) is 0 Å². The van der Waals surface area contributed by atoms with Crippen LogP contribution in [0, 0.1) is 0 Å². The number of halogens is 1. The molecule has 158 valence electrons. The third kappa shape index (κ3) is 17.8. The van der Waals surface area contributed by atoms with Crippen LogP contribution in [0.4, 0.5) is 4.20 Å². The standard InChI is InChI=1S/C24H51FP/c1-4-7-10-13-16-19-22-26(25,23-20-17-14-11-8-5-2)24-21-18-15-12-9-6-3/h4-24H2,1-3H3/q+1. The second-order valence-electron chi connectivity index (χ2n) is 8.50. The molecule has 2 heteroatoms. The number of rotatable bonds is 21. The molecule has 0 unspecified atom stereocenters. The maximum Gasteiger partial charge on any atom is 0.202 e. The molecule has 0 atom stereocenters. The highest BCUT2D eigenvalue weighted by molar-refractivity contribution is 7.70. The van der Waals surface area contributed by atoms with Crippen molar-refractivity contribution in [3.05, 3.63) is 0 Å². The Morgan fingerprint density at radius 2 is 0.615 bits per heavy atom. The van der Waals surface area contributed by atoms with Gasteiger partial charge in [-0.1, -0.05) is 102 Å². The Hall–Kier alpha value is 0.360. The van der Waals surface area contributed by atoms with Crippen molar-refractivity contribution < 1.29 is 4.20 Å². The molecule has 0 aromatic heterocycles. The molecule has 0 saturated carbocycles. The fraction of sp³-hybridized carbons (Fsp3) is 1.00. The zero-order chi connectivity index (χ0) is 19.3. The highest BCUT2D eigenvalue weighted by Gasteiger charge is 2.36. The zero-order valence-electron chi connectivity index (χ0n) is 18.7. The van der Waals surface area contributed by atoms with Gasteiger partial charge in [0.1, 0.15) is 0 Å². The van der Waals surface area contributed by atoms with E-state index < -0.39 is 7.57 Å². The highest BCUT2D eigenvalue weighted by atomic mass is 31.2. The molecule has 0 aliphatic carbocycles. The topological polar surface area (TPSA) is 0 Å². The summed E-state index contributed by atoms with van der Waals surface area (Å²) in [4.78, 5) is 0. The van der Waals surface area contributed by atoms with Gasteiger partial charge in [-0.15, -0.1) is 0 Å². The molecule has 0 nitrogen and oxygen atoms in total. The first-order chi connectivity index (χ1) is 12.7. The van der Waals surface area contributed by atoms with Gasteiger partial charge in [-0.2, -0.15) is 0 Å². The molecule has 0 spiro atoms. The Kier molecular flexibility index (Phi) is 20.4. The summed E-state index contributed by atoms with van der Waals surface area (Å²) in [6, 6.07) is 0. The lowest BCUT2D eigenvalue weighted by Gasteiger charge is -2.17. The minimum absolute atomic E-state index is 0.934. The van der Waals surface area contributed by atoms with Gasteiger partial charge in [0.2, 0.25) is 7.57 Å². The molecular formula is C24H51FP+. The quantitative estimate of drug-likeness (QED) is 0.135. The average molecular weight is 390 g/mol. The van der Waals surface area contributed by atoms with E-state index in [1.54, 1.807) is 0 Å². The van der Waals surface area contributed by atoms with E-state index in [-0.39, 0.29) is 0 Å². The third-order valence-electron chi connectivity index (χ3n) is 5.74. The minimum Gasteiger partial charge on any atom is -0.0655 e. The highest BCUT2D eigenvalue weighted by Crippen LogP contribution is 2.62. The van der Waals surface area contributed by atoms with Crippen LogP contribution in [0.15, 0.2) is 0 Å². The maximum atomic E-state index is 15.6. The molecule has 0 bridgehead atoms. The van der Waals surface area contributed by atoms with E-state index in [1.807, 2.05) is 0 Å². The van der Waals surface area contributed by atoms with Gasteiger partial charge in [0.05, 0.1) is 18.5 Å². The SMILES string of the molecule is CCCCCCCC[P+](F)(CCCCCCCC)CCCCCCCC. The van der Waals surface area contributed by atoms with Crippen molar-refractivity contribution in [1.29, 1.82) is 0 Å². The molecule has 0 fully saturated rings. The predicted octanol–water partition coefficient (Wildman–Crippen LogP) is 9.97. The van der Waals surface area contributed by atoms with Crippen molar-refractivity contribution in [2.75, 3.05) is 18.5 Å². The van der Waals surface area contributed by atoms with E-state index in [2.05, 4.69) is 20.8 Å². The lowest BCUT2D eigenvalue weighted by Crippen LogP contribution is -2.05. The van der Waals surface area contributed by atoms with Crippen LogP contribution in [-0.4, -0.2) is 18.5 Å². The first kappa shape index (κ1) is 26.4. The van der Waals surface area contributed by atoms with Crippen molar-refractivity contribution in [3.63, 3.8) is 0 Å². The summed E-state index contributed by atoms with van der Waals surface area (Å²) in [6.07, 6.45) is 26.0. The Balaban J connectivity index is 4.02. The van der Waals surface area contributed by atoms with Crippen molar-refractivity contribution in [3.8, 4) is 0 Å². The van der Waals surface area contributed by atoms with Gasteiger partial charge in [-0.05, 0) is 38.5 Å². The molecule has 0 rings (SSSR count). The van der Waals surface area contributed by atoms with Gasteiger partial charge in [-0.25, -0.2) is 0 Å². The maximum absolute atomic E-state index is 15.6. The van der Waals surface area contributed by atoms with Crippen molar-refractivity contribution in [2.24, 2.45) is 0 Å². The molecule has 0 amide bonds. The van der Waals surface area contributed by atoms with Crippen molar-refractivity contribution >= 4 is 7.57 Å². The van der Waals surface area contributed by atoms with Crippen LogP contribution in [0.5, 0.6) is 0 Å². The second kappa shape index (κ2) is 20.1. The molecule has 0 heterocycles. The van der Waals surface area contributed by atoms with E-state index in [1.165, 1.54) is 96.3 Å². The average Bonchev–Trinajstić information content (AvgIpc) is 2.64. The first-order valence-corrected chi connectivity index (χ1v) is 14.5. The zero-order valence-corrected chi connectivity index (χ0v) is 19.6. The Morgan fingerprint density at radius 1 is 0.385 bits per heavy atom. The van der Waals surface area contributed by atoms with E-state index >= 15 is 4.20 Å². The van der Waals surface area contributed by atoms with E-state index in [9.17, 15) is 0 Å². The van der Waals surface area contributed by atoms with Gasteiger partial charge in [-0.3, -0.25) is 0 Å². The fourth-order valence-electron chi connectivity index (χ4n) is 3.86. The third-order valence-corrected chi connectivity index (χ3v) is 9.09. The fourth-order valence-corrected chi connectivity index (χ4v) is 6.90. The molecule has 26 heavy (non-hydrogen) atoms. The molecule has 0 aromatic rings. The summed E-state index contributed by atoms with van der Waals surface area (Å²) in [5, 5.41) is 0. The van der Waals surface area contributed by atoms with Gasteiger partial charge in [0.25, 0.3) is 0 Å². The molecule has 0 aliphatic rings. The molecule has 0 radical (unpaired) electrons. The lowest BCUT2D eigenvalue weighted by molar-refractivity contribution is 0.607. The molecule has 0 saturated heterocycles. The second-order valence-corrected chi connectivity index (χ2v) is 11.9. The smallest absolute Gasteiger partial charge is 0.0655 e. The van der Waals surface area contributed by atoms with Crippen LogP contribution in [0.25, 0.3) is 0 Å². The van der Waals surface area contributed by atoms with Crippen molar-refractivity contribution in [2.45, 2.75) is 136 Å². The first-order valence-electron chi connectivity index (χ1n) is 12.2. The molecule has 0 aliphatic heterocycles. The lowest BCUT2D eigenvalue weighted by atomic mass is 10.1. The molecular weight excluding hydrogens is 338 g/mol. The Bertz CT molecular complexity index is 226. The van der Waals surface area contributed by atoms with Crippen LogP contribution in [0.2, 0.25) is 0 Å².